The lowest BCUT2D eigenvalue weighted by Gasteiger charge is -2.52. The van der Waals surface area contributed by atoms with Gasteiger partial charge < -0.3 is 24.6 Å². The maximum absolute atomic E-state index is 13.1. The van der Waals surface area contributed by atoms with Crippen LogP contribution >= 0.6 is 0 Å². The fraction of sp³-hybridized carbons (Fsp3) is 0.667. The van der Waals surface area contributed by atoms with Crippen LogP contribution in [-0.2, 0) is 14.2 Å². The zero-order chi connectivity index (χ0) is 16.6. The highest BCUT2D eigenvalue weighted by Crippen LogP contribution is 2.44. The smallest absolute Gasteiger partial charge is 0.163 e. The van der Waals surface area contributed by atoms with Crippen LogP contribution in [0.1, 0.15) is 25.7 Å². The lowest BCUT2D eigenvalue weighted by Crippen LogP contribution is -2.65. The second kappa shape index (κ2) is 6.59. The minimum atomic E-state index is -0.967. The Morgan fingerprint density at radius 1 is 1.04 bits per heavy atom. The standard InChI is InChI=1S/C18H24FNO4/c19-12-2-4-13(5-3-12)20-15-7-6-14(17-23-10-11-24-17)16-18(15,21)8-1-9-22-16/h2-5,14-17,20-21H,1,6-11H2/t14?,15-,16+,18+/m0/s1. The number of hydrogen-bond acceptors (Lipinski definition) is 5. The zero-order valence-corrected chi connectivity index (χ0v) is 13.6. The fourth-order valence-corrected chi connectivity index (χ4v) is 4.33. The molecule has 3 fully saturated rings. The first-order chi connectivity index (χ1) is 11.7. The van der Waals surface area contributed by atoms with Gasteiger partial charge in [-0.2, -0.15) is 0 Å². The van der Waals surface area contributed by atoms with Crippen molar-refractivity contribution in [1.82, 2.24) is 0 Å². The molecule has 132 valence electrons. The molecule has 4 rings (SSSR count). The van der Waals surface area contributed by atoms with E-state index in [9.17, 15) is 9.50 Å². The Kier molecular flexibility index (Phi) is 4.47. The van der Waals surface area contributed by atoms with Crippen LogP contribution < -0.4 is 5.32 Å². The lowest BCUT2D eigenvalue weighted by atomic mass is 9.68. The van der Waals surface area contributed by atoms with Gasteiger partial charge in [-0.25, -0.2) is 4.39 Å². The van der Waals surface area contributed by atoms with Crippen LogP contribution in [-0.4, -0.2) is 49.0 Å². The Morgan fingerprint density at radius 2 is 1.79 bits per heavy atom. The van der Waals surface area contributed by atoms with Crippen molar-refractivity contribution in [2.75, 3.05) is 25.1 Å². The number of fused-ring (bicyclic) bond motifs is 1. The van der Waals surface area contributed by atoms with Gasteiger partial charge in [0.25, 0.3) is 0 Å². The molecule has 2 saturated heterocycles. The van der Waals surface area contributed by atoms with E-state index in [-0.39, 0.29) is 30.2 Å². The van der Waals surface area contributed by atoms with Crippen molar-refractivity contribution in [3.8, 4) is 0 Å². The summed E-state index contributed by atoms with van der Waals surface area (Å²) >= 11 is 0. The Labute approximate surface area is 141 Å². The largest absolute Gasteiger partial charge is 0.385 e. The molecule has 5 nitrogen and oxygen atoms in total. The summed E-state index contributed by atoms with van der Waals surface area (Å²) in [5.74, 6) is -0.221. The van der Waals surface area contributed by atoms with Crippen molar-refractivity contribution >= 4 is 5.69 Å². The van der Waals surface area contributed by atoms with Crippen LogP contribution in [0.15, 0.2) is 24.3 Å². The summed E-state index contributed by atoms with van der Waals surface area (Å²) < 4.78 is 30.5. The maximum Gasteiger partial charge on any atom is 0.163 e. The molecule has 3 aliphatic rings. The van der Waals surface area contributed by atoms with Crippen LogP contribution in [0.5, 0.6) is 0 Å². The summed E-state index contributed by atoms with van der Waals surface area (Å²) in [5.41, 5.74) is -0.156. The molecule has 0 radical (unpaired) electrons. The molecule has 2 aliphatic heterocycles. The SMILES string of the molecule is O[C@@]12CCCO[C@@H]1C(C1OCCO1)CC[C@@H]2Nc1ccc(F)cc1. The molecule has 6 heteroatoms. The highest BCUT2D eigenvalue weighted by Gasteiger charge is 2.55. The third-order valence-corrected chi connectivity index (χ3v) is 5.47. The van der Waals surface area contributed by atoms with Gasteiger partial charge >= 0.3 is 0 Å². The summed E-state index contributed by atoms with van der Waals surface area (Å²) in [6.07, 6.45) is 2.57. The second-order valence-corrected chi connectivity index (χ2v) is 6.94. The number of aliphatic hydroxyl groups is 1. The van der Waals surface area contributed by atoms with Gasteiger partial charge in [0.1, 0.15) is 11.4 Å². The predicted molar refractivity (Wildman–Crippen MR) is 86.2 cm³/mol. The first-order valence-electron chi connectivity index (χ1n) is 8.76. The van der Waals surface area contributed by atoms with Gasteiger partial charge in [-0.05, 0) is 49.9 Å². The third kappa shape index (κ3) is 2.92. The van der Waals surface area contributed by atoms with Crippen molar-refractivity contribution in [3.63, 3.8) is 0 Å². The average Bonchev–Trinajstić information content (AvgIpc) is 3.11. The van der Waals surface area contributed by atoms with E-state index in [0.717, 1.165) is 24.9 Å². The number of anilines is 1. The van der Waals surface area contributed by atoms with Crippen molar-refractivity contribution in [2.24, 2.45) is 5.92 Å². The van der Waals surface area contributed by atoms with E-state index in [1.54, 1.807) is 12.1 Å². The zero-order valence-electron chi connectivity index (χ0n) is 13.6. The highest BCUT2D eigenvalue weighted by atomic mass is 19.1. The summed E-state index contributed by atoms with van der Waals surface area (Å²) in [7, 11) is 0. The van der Waals surface area contributed by atoms with Crippen LogP contribution in [0.3, 0.4) is 0 Å². The van der Waals surface area contributed by atoms with E-state index in [0.29, 0.717) is 26.2 Å². The first-order valence-corrected chi connectivity index (χ1v) is 8.76. The molecule has 1 aromatic rings. The number of halogens is 1. The maximum atomic E-state index is 13.1. The molecule has 4 atom stereocenters. The molecule has 1 aromatic carbocycles. The first kappa shape index (κ1) is 16.3. The van der Waals surface area contributed by atoms with Crippen molar-refractivity contribution < 1.29 is 23.7 Å². The number of ether oxygens (including phenoxy) is 3. The fourth-order valence-electron chi connectivity index (χ4n) is 4.33. The molecule has 2 heterocycles. The van der Waals surface area contributed by atoms with Crippen molar-refractivity contribution in [2.45, 2.75) is 49.7 Å². The Morgan fingerprint density at radius 3 is 2.54 bits per heavy atom. The minimum absolute atomic E-state index is 0.0454. The number of nitrogens with one attached hydrogen (secondary N) is 1. The van der Waals surface area contributed by atoms with Gasteiger partial charge in [0.2, 0.25) is 0 Å². The molecular formula is C18H24FNO4. The quantitative estimate of drug-likeness (QED) is 0.886. The molecule has 0 spiro atoms. The lowest BCUT2D eigenvalue weighted by molar-refractivity contribution is -0.230. The molecule has 0 amide bonds. The van der Waals surface area contributed by atoms with E-state index in [1.807, 2.05) is 0 Å². The van der Waals surface area contributed by atoms with Gasteiger partial charge in [-0.15, -0.1) is 0 Å². The molecular weight excluding hydrogens is 313 g/mol. The molecule has 1 aliphatic carbocycles. The van der Waals surface area contributed by atoms with Crippen LogP contribution in [0, 0.1) is 11.7 Å². The Bertz CT molecular complexity index is 563. The normalized spacial score (nSPS) is 37.2. The summed E-state index contributed by atoms with van der Waals surface area (Å²) in [6, 6.07) is 6.12. The van der Waals surface area contributed by atoms with Gasteiger partial charge in [0.15, 0.2) is 6.29 Å². The molecule has 1 unspecified atom stereocenters. The van der Waals surface area contributed by atoms with Crippen molar-refractivity contribution in [1.29, 1.82) is 0 Å². The predicted octanol–water partition coefficient (Wildman–Crippen LogP) is 2.30. The topological polar surface area (TPSA) is 60.0 Å². The van der Waals surface area contributed by atoms with Gasteiger partial charge in [-0.3, -0.25) is 0 Å². The van der Waals surface area contributed by atoms with E-state index in [2.05, 4.69) is 5.32 Å². The van der Waals surface area contributed by atoms with Crippen LogP contribution in [0.25, 0.3) is 0 Å². The monoisotopic (exact) mass is 337 g/mol. The van der Waals surface area contributed by atoms with Crippen LogP contribution in [0.4, 0.5) is 10.1 Å². The summed E-state index contributed by atoms with van der Waals surface area (Å²) in [5, 5.41) is 14.8. The number of benzene rings is 1. The number of hydrogen-bond donors (Lipinski definition) is 2. The van der Waals surface area contributed by atoms with E-state index >= 15 is 0 Å². The Hall–Kier alpha value is -1.21. The second-order valence-electron chi connectivity index (χ2n) is 6.94. The molecule has 2 N–H and O–H groups in total. The highest BCUT2D eigenvalue weighted by molar-refractivity contribution is 5.45. The van der Waals surface area contributed by atoms with Crippen LogP contribution in [0.2, 0.25) is 0 Å². The van der Waals surface area contributed by atoms with E-state index in [1.165, 1.54) is 12.1 Å². The third-order valence-electron chi connectivity index (χ3n) is 5.47. The minimum Gasteiger partial charge on any atom is -0.385 e. The van der Waals surface area contributed by atoms with E-state index < -0.39 is 5.60 Å². The molecule has 0 bridgehead atoms. The molecule has 0 aromatic heterocycles. The summed E-state index contributed by atoms with van der Waals surface area (Å²) in [6.45, 7) is 1.85. The summed E-state index contributed by atoms with van der Waals surface area (Å²) in [4.78, 5) is 0. The van der Waals surface area contributed by atoms with Gasteiger partial charge in [-0.1, -0.05) is 0 Å². The van der Waals surface area contributed by atoms with Crippen molar-refractivity contribution in [3.05, 3.63) is 30.1 Å². The van der Waals surface area contributed by atoms with Gasteiger partial charge in [0, 0.05) is 18.2 Å². The number of rotatable bonds is 3. The average molecular weight is 337 g/mol. The molecule has 24 heavy (non-hydrogen) atoms. The van der Waals surface area contributed by atoms with E-state index in [4.69, 9.17) is 14.2 Å². The molecule has 1 saturated carbocycles. The van der Waals surface area contributed by atoms with Gasteiger partial charge in [0.05, 0.1) is 25.4 Å². The Balaban J connectivity index is 1.54.